The molecule has 0 N–H and O–H groups in total. The highest BCUT2D eigenvalue weighted by Gasteiger charge is 2.39. The fourth-order valence-electron chi connectivity index (χ4n) is 4.07. The minimum Gasteiger partial charge on any atom is -0.436 e. The lowest BCUT2D eigenvalue weighted by Gasteiger charge is -2.36. The average molecular weight is 303 g/mol. The Balaban J connectivity index is 1.51. The number of oxazole rings is 1. The zero-order valence-electron chi connectivity index (χ0n) is 13.5. The Morgan fingerprint density at radius 1 is 1.18 bits per heavy atom. The van der Waals surface area contributed by atoms with E-state index in [2.05, 4.69) is 9.88 Å². The van der Waals surface area contributed by atoms with Crippen LogP contribution in [-0.2, 0) is 0 Å². The SMILES string of the molecule is Cc1nc(C)c(C(=O)N2C[C@@H]3CC[C@H](C2)N(CC2CC2)C3)o1. The van der Waals surface area contributed by atoms with Crippen LogP contribution in [0.2, 0.25) is 0 Å². The van der Waals surface area contributed by atoms with Crippen LogP contribution in [0.15, 0.2) is 4.42 Å². The lowest BCUT2D eigenvalue weighted by Crippen LogP contribution is -2.45. The number of nitrogens with zero attached hydrogens (tertiary/aromatic N) is 3. The Bertz CT molecular complexity index is 578. The van der Waals surface area contributed by atoms with Crippen LogP contribution in [0.5, 0.6) is 0 Å². The summed E-state index contributed by atoms with van der Waals surface area (Å²) in [6.07, 6.45) is 5.28. The van der Waals surface area contributed by atoms with Crippen LogP contribution in [0.3, 0.4) is 0 Å². The lowest BCUT2D eigenvalue weighted by atomic mass is 9.95. The number of aromatic nitrogens is 1. The van der Waals surface area contributed by atoms with Crippen molar-refractivity contribution in [2.75, 3.05) is 26.2 Å². The maximum atomic E-state index is 12.8. The van der Waals surface area contributed by atoms with Gasteiger partial charge in [-0.3, -0.25) is 9.69 Å². The van der Waals surface area contributed by atoms with Crippen LogP contribution < -0.4 is 0 Å². The standard InChI is InChI=1S/C17H25N3O2/c1-11-16(22-12(2)18-11)17(21)20-9-14-5-6-15(10-20)19(8-14)7-13-3-4-13/h13-15H,3-10H2,1-2H3/t14-,15-/m1/s1. The molecule has 5 rings (SSSR count). The second-order valence-electron chi connectivity index (χ2n) is 7.35. The van der Waals surface area contributed by atoms with E-state index in [-0.39, 0.29) is 5.91 Å². The fraction of sp³-hybridized carbons (Fsp3) is 0.765. The van der Waals surface area contributed by atoms with Gasteiger partial charge < -0.3 is 9.32 Å². The van der Waals surface area contributed by atoms with Crippen molar-refractivity contribution in [1.29, 1.82) is 0 Å². The molecule has 1 aromatic heterocycles. The predicted octanol–water partition coefficient (Wildman–Crippen LogP) is 2.24. The van der Waals surface area contributed by atoms with E-state index in [1.165, 1.54) is 38.8 Å². The molecule has 5 heteroatoms. The van der Waals surface area contributed by atoms with Crippen LogP contribution in [0, 0.1) is 25.7 Å². The highest BCUT2D eigenvalue weighted by molar-refractivity contribution is 5.92. The van der Waals surface area contributed by atoms with E-state index in [0.29, 0.717) is 29.3 Å². The normalized spacial score (nSPS) is 28.9. The zero-order valence-corrected chi connectivity index (χ0v) is 13.5. The molecule has 5 nitrogen and oxygen atoms in total. The van der Waals surface area contributed by atoms with Gasteiger partial charge >= 0.3 is 0 Å². The number of piperidine rings is 1. The Morgan fingerprint density at radius 2 is 2.00 bits per heavy atom. The molecule has 0 unspecified atom stereocenters. The van der Waals surface area contributed by atoms with Crippen molar-refractivity contribution < 1.29 is 9.21 Å². The molecule has 1 saturated carbocycles. The van der Waals surface area contributed by atoms with Gasteiger partial charge in [-0.25, -0.2) is 4.98 Å². The molecule has 2 bridgehead atoms. The third-order valence-corrected chi connectivity index (χ3v) is 5.40. The highest BCUT2D eigenvalue weighted by atomic mass is 16.4. The third kappa shape index (κ3) is 2.67. The van der Waals surface area contributed by atoms with Crippen LogP contribution in [0.25, 0.3) is 0 Å². The smallest absolute Gasteiger partial charge is 0.291 e. The molecule has 1 aliphatic carbocycles. The lowest BCUT2D eigenvalue weighted by molar-refractivity contribution is 0.0702. The van der Waals surface area contributed by atoms with Crippen molar-refractivity contribution in [3.05, 3.63) is 17.3 Å². The molecule has 0 aromatic carbocycles. The molecule has 1 aromatic rings. The van der Waals surface area contributed by atoms with Crippen molar-refractivity contribution in [2.45, 2.75) is 45.6 Å². The van der Waals surface area contributed by atoms with E-state index in [0.717, 1.165) is 19.0 Å². The number of amides is 1. The summed E-state index contributed by atoms with van der Waals surface area (Å²) in [7, 11) is 0. The number of fused-ring (bicyclic) bond motifs is 4. The summed E-state index contributed by atoms with van der Waals surface area (Å²) in [6, 6.07) is 0.535. The molecule has 4 aliphatic rings. The zero-order chi connectivity index (χ0) is 15.3. The molecule has 0 spiro atoms. The van der Waals surface area contributed by atoms with Gasteiger partial charge in [-0.2, -0.15) is 0 Å². The Hall–Kier alpha value is -1.36. The first-order chi connectivity index (χ1) is 10.6. The van der Waals surface area contributed by atoms with E-state index < -0.39 is 0 Å². The Labute approximate surface area is 131 Å². The number of aryl methyl sites for hydroxylation is 2. The number of carbonyl (C=O) groups excluding carboxylic acids is 1. The Morgan fingerprint density at radius 3 is 2.68 bits per heavy atom. The molecule has 1 amide bonds. The summed E-state index contributed by atoms with van der Waals surface area (Å²) in [5, 5.41) is 0. The van der Waals surface area contributed by atoms with E-state index >= 15 is 0 Å². The topological polar surface area (TPSA) is 49.6 Å². The second kappa shape index (κ2) is 5.37. The van der Waals surface area contributed by atoms with Gasteiger partial charge in [0.1, 0.15) is 0 Å². The first kappa shape index (κ1) is 14.2. The van der Waals surface area contributed by atoms with Crippen LogP contribution >= 0.6 is 0 Å². The third-order valence-electron chi connectivity index (χ3n) is 5.40. The van der Waals surface area contributed by atoms with E-state index in [1.54, 1.807) is 6.92 Å². The van der Waals surface area contributed by atoms with Crippen molar-refractivity contribution >= 4 is 5.91 Å². The van der Waals surface area contributed by atoms with Gasteiger partial charge in [-0.1, -0.05) is 0 Å². The predicted molar refractivity (Wildman–Crippen MR) is 82.7 cm³/mol. The minimum absolute atomic E-state index is 0.0308. The molecule has 120 valence electrons. The summed E-state index contributed by atoms with van der Waals surface area (Å²) < 4.78 is 5.55. The quantitative estimate of drug-likeness (QED) is 0.859. The average Bonchev–Trinajstić information content (AvgIpc) is 3.27. The van der Waals surface area contributed by atoms with Gasteiger partial charge in [0.05, 0.1) is 5.69 Å². The van der Waals surface area contributed by atoms with Gasteiger partial charge in [0.25, 0.3) is 5.91 Å². The molecule has 22 heavy (non-hydrogen) atoms. The summed E-state index contributed by atoms with van der Waals surface area (Å²) in [5.74, 6) is 2.58. The van der Waals surface area contributed by atoms with Crippen LogP contribution in [0.4, 0.5) is 0 Å². The first-order valence-electron chi connectivity index (χ1n) is 8.57. The van der Waals surface area contributed by atoms with Crippen LogP contribution in [0.1, 0.15) is 47.8 Å². The number of hydrogen-bond acceptors (Lipinski definition) is 4. The first-order valence-corrected chi connectivity index (χ1v) is 8.57. The van der Waals surface area contributed by atoms with E-state index in [4.69, 9.17) is 4.42 Å². The molecule has 3 aliphatic heterocycles. The minimum atomic E-state index is 0.0308. The second-order valence-corrected chi connectivity index (χ2v) is 7.35. The van der Waals surface area contributed by atoms with Crippen molar-refractivity contribution in [3.8, 4) is 0 Å². The van der Waals surface area contributed by atoms with Crippen LogP contribution in [-0.4, -0.2) is 52.9 Å². The van der Waals surface area contributed by atoms with Gasteiger partial charge in [0.2, 0.25) is 5.76 Å². The Kier molecular flexibility index (Phi) is 3.48. The number of carbonyl (C=O) groups is 1. The van der Waals surface area contributed by atoms with E-state index in [9.17, 15) is 4.79 Å². The van der Waals surface area contributed by atoms with Gasteiger partial charge in [-0.15, -0.1) is 0 Å². The maximum absolute atomic E-state index is 12.8. The maximum Gasteiger partial charge on any atom is 0.291 e. The summed E-state index contributed by atoms with van der Waals surface area (Å²) in [5.41, 5.74) is 0.717. The number of rotatable bonds is 3. The van der Waals surface area contributed by atoms with Crippen molar-refractivity contribution in [1.82, 2.24) is 14.8 Å². The highest BCUT2D eigenvalue weighted by Crippen LogP contribution is 2.35. The molecular formula is C17H25N3O2. The number of hydrogen-bond donors (Lipinski definition) is 0. The fourth-order valence-corrected chi connectivity index (χ4v) is 4.07. The van der Waals surface area contributed by atoms with Gasteiger partial charge in [-0.05, 0) is 44.4 Å². The largest absolute Gasteiger partial charge is 0.436 e. The molecule has 2 atom stereocenters. The van der Waals surface area contributed by atoms with Crippen molar-refractivity contribution in [2.24, 2.45) is 11.8 Å². The van der Waals surface area contributed by atoms with E-state index in [1.807, 2.05) is 11.8 Å². The monoisotopic (exact) mass is 303 g/mol. The molecule has 4 heterocycles. The summed E-state index contributed by atoms with van der Waals surface area (Å²) in [4.78, 5) is 21.7. The summed E-state index contributed by atoms with van der Waals surface area (Å²) in [6.45, 7) is 7.78. The molecule has 0 radical (unpaired) electrons. The van der Waals surface area contributed by atoms with Crippen molar-refractivity contribution in [3.63, 3.8) is 0 Å². The molecular weight excluding hydrogens is 278 g/mol. The summed E-state index contributed by atoms with van der Waals surface area (Å²) >= 11 is 0. The molecule has 4 fully saturated rings. The van der Waals surface area contributed by atoms with Gasteiger partial charge in [0, 0.05) is 39.1 Å². The molecule has 3 saturated heterocycles. The van der Waals surface area contributed by atoms with Gasteiger partial charge in [0.15, 0.2) is 5.89 Å².